The van der Waals surface area contributed by atoms with Gasteiger partial charge in [0.2, 0.25) is 0 Å². The number of rotatable bonds is 5. The summed E-state index contributed by atoms with van der Waals surface area (Å²) in [4.78, 5) is 25.6. The molecule has 142 valence electrons. The van der Waals surface area contributed by atoms with Crippen molar-refractivity contribution in [1.82, 2.24) is 4.90 Å². The van der Waals surface area contributed by atoms with Crippen LogP contribution in [0.4, 0.5) is 4.39 Å². The van der Waals surface area contributed by atoms with Gasteiger partial charge in [-0.15, -0.1) is 0 Å². The van der Waals surface area contributed by atoms with E-state index in [0.717, 1.165) is 17.7 Å². The zero-order chi connectivity index (χ0) is 19.4. The molecule has 0 spiro atoms. The number of carbonyl (C=O) groups is 2. The standard InChI is InChI=1S/C19H17ClFNO5/c1-22(10-12-2-5-16-17(8-12)26-7-6-25-16)18(23)11-27-19(24)14-4-3-13(21)9-15(14)20/h2-5,8-9H,6-7,10-11H2,1H3. The minimum absolute atomic E-state index is 0.000329. The summed E-state index contributed by atoms with van der Waals surface area (Å²) in [5.41, 5.74) is 0.850. The van der Waals surface area contributed by atoms with E-state index in [1.165, 1.54) is 11.0 Å². The highest BCUT2D eigenvalue weighted by Gasteiger charge is 2.18. The highest BCUT2D eigenvalue weighted by Crippen LogP contribution is 2.31. The zero-order valence-corrected chi connectivity index (χ0v) is 15.3. The lowest BCUT2D eigenvalue weighted by Crippen LogP contribution is -2.31. The average Bonchev–Trinajstić information content (AvgIpc) is 2.65. The Morgan fingerprint density at radius 2 is 1.89 bits per heavy atom. The molecule has 27 heavy (non-hydrogen) atoms. The fourth-order valence-corrected chi connectivity index (χ4v) is 2.76. The Kier molecular flexibility index (Phi) is 5.81. The van der Waals surface area contributed by atoms with Gasteiger partial charge in [0, 0.05) is 13.6 Å². The summed E-state index contributed by atoms with van der Waals surface area (Å²) in [5.74, 6) is -0.439. The van der Waals surface area contributed by atoms with Gasteiger partial charge in [0.1, 0.15) is 19.0 Å². The summed E-state index contributed by atoms with van der Waals surface area (Å²) in [5, 5.41) is -0.0721. The molecule has 6 nitrogen and oxygen atoms in total. The van der Waals surface area contributed by atoms with Crippen molar-refractivity contribution >= 4 is 23.5 Å². The molecule has 0 radical (unpaired) electrons. The lowest BCUT2D eigenvalue weighted by Gasteiger charge is -2.21. The van der Waals surface area contributed by atoms with E-state index in [1.54, 1.807) is 13.1 Å². The maximum absolute atomic E-state index is 13.0. The van der Waals surface area contributed by atoms with E-state index in [9.17, 15) is 14.0 Å². The molecule has 1 amide bonds. The van der Waals surface area contributed by atoms with E-state index < -0.39 is 24.3 Å². The lowest BCUT2D eigenvalue weighted by atomic mass is 10.2. The Hall–Kier alpha value is -2.80. The van der Waals surface area contributed by atoms with Gasteiger partial charge < -0.3 is 19.1 Å². The number of amides is 1. The first-order valence-corrected chi connectivity index (χ1v) is 8.56. The first-order chi connectivity index (χ1) is 12.9. The summed E-state index contributed by atoms with van der Waals surface area (Å²) < 4.78 is 29.0. The molecule has 0 unspecified atom stereocenters. The quantitative estimate of drug-likeness (QED) is 0.730. The van der Waals surface area contributed by atoms with Crippen molar-refractivity contribution in [3.05, 3.63) is 58.4 Å². The second-order valence-electron chi connectivity index (χ2n) is 5.93. The van der Waals surface area contributed by atoms with Crippen LogP contribution in [-0.2, 0) is 16.1 Å². The van der Waals surface area contributed by atoms with Crippen molar-refractivity contribution in [2.75, 3.05) is 26.9 Å². The summed E-state index contributed by atoms with van der Waals surface area (Å²) >= 11 is 5.81. The van der Waals surface area contributed by atoms with Crippen LogP contribution in [0.5, 0.6) is 11.5 Å². The van der Waals surface area contributed by atoms with Gasteiger partial charge in [0.15, 0.2) is 18.1 Å². The van der Waals surface area contributed by atoms with Gasteiger partial charge in [-0.2, -0.15) is 0 Å². The summed E-state index contributed by atoms with van der Waals surface area (Å²) in [7, 11) is 1.60. The monoisotopic (exact) mass is 393 g/mol. The fraction of sp³-hybridized carbons (Fsp3) is 0.263. The molecule has 0 bridgehead atoms. The maximum Gasteiger partial charge on any atom is 0.340 e. The van der Waals surface area contributed by atoms with Crippen LogP contribution >= 0.6 is 11.6 Å². The van der Waals surface area contributed by atoms with E-state index in [4.69, 9.17) is 25.8 Å². The number of halogens is 2. The maximum atomic E-state index is 13.0. The van der Waals surface area contributed by atoms with Crippen LogP contribution in [0.2, 0.25) is 5.02 Å². The molecule has 2 aromatic rings. The summed E-state index contributed by atoms with van der Waals surface area (Å²) in [6.07, 6.45) is 0. The van der Waals surface area contributed by atoms with Crippen molar-refractivity contribution in [3.8, 4) is 11.5 Å². The number of hydrogen-bond acceptors (Lipinski definition) is 5. The number of esters is 1. The van der Waals surface area contributed by atoms with Crippen LogP contribution in [-0.4, -0.2) is 43.6 Å². The van der Waals surface area contributed by atoms with Crippen LogP contribution in [0.25, 0.3) is 0 Å². The normalized spacial score (nSPS) is 12.4. The predicted octanol–water partition coefficient (Wildman–Crippen LogP) is 3.07. The highest BCUT2D eigenvalue weighted by atomic mass is 35.5. The Balaban J connectivity index is 1.55. The number of fused-ring (bicyclic) bond motifs is 1. The number of carbonyl (C=O) groups excluding carboxylic acids is 2. The Morgan fingerprint density at radius 1 is 1.15 bits per heavy atom. The van der Waals surface area contributed by atoms with Crippen LogP contribution in [0.3, 0.4) is 0 Å². The first kappa shape index (κ1) is 19.0. The van der Waals surface area contributed by atoms with E-state index in [0.29, 0.717) is 31.3 Å². The topological polar surface area (TPSA) is 65.1 Å². The van der Waals surface area contributed by atoms with Crippen molar-refractivity contribution < 1.29 is 28.2 Å². The number of nitrogens with zero attached hydrogens (tertiary/aromatic N) is 1. The largest absolute Gasteiger partial charge is 0.486 e. The molecule has 0 N–H and O–H groups in total. The molecule has 1 aliphatic rings. The van der Waals surface area contributed by atoms with Gasteiger partial charge in [-0.25, -0.2) is 9.18 Å². The van der Waals surface area contributed by atoms with Crippen LogP contribution in [0, 0.1) is 5.82 Å². The van der Waals surface area contributed by atoms with Gasteiger partial charge in [-0.1, -0.05) is 17.7 Å². The second kappa shape index (κ2) is 8.26. The SMILES string of the molecule is CN(Cc1ccc2c(c1)OCCO2)C(=O)COC(=O)c1ccc(F)cc1Cl. The fourth-order valence-electron chi connectivity index (χ4n) is 2.52. The number of likely N-dealkylation sites (N-methyl/N-ethyl adjacent to an activating group) is 1. The third kappa shape index (κ3) is 4.68. The van der Waals surface area contributed by atoms with Crippen LogP contribution < -0.4 is 9.47 Å². The third-order valence-electron chi connectivity index (χ3n) is 3.93. The molecular formula is C19H17ClFNO5. The number of hydrogen-bond donors (Lipinski definition) is 0. The molecule has 0 saturated heterocycles. The van der Waals surface area contributed by atoms with E-state index in [2.05, 4.69) is 0 Å². The minimum Gasteiger partial charge on any atom is -0.486 e. The lowest BCUT2D eigenvalue weighted by molar-refractivity contribution is -0.133. The van der Waals surface area contributed by atoms with Crippen molar-refractivity contribution in [2.24, 2.45) is 0 Å². The van der Waals surface area contributed by atoms with Crippen molar-refractivity contribution in [1.29, 1.82) is 0 Å². The molecule has 8 heteroatoms. The van der Waals surface area contributed by atoms with Crippen LogP contribution in [0.1, 0.15) is 15.9 Å². The summed E-state index contributed by atoms with van der Waals surface area (Å²) in [6.45, 7) is 0.846. The molecule has 0 fully saturated rings. The highest BCUT2D eigenvalue weighted by molar-refractivity contribution is 6.33. The zero-order valence-electron chi connectivity index (χ0n) is 14.5. The minimum atomic E-state index is -0.791. The Bertz CT molecular complexity index is 873. The Labute approximate surface area is 160 Å². The third-order valence-corrected chi connectivity index (χ3v) is 4.24. The second-order valence-corrected chi connectivity index (χ2v) is 6.34. The van der Waals surface area contributed by atoms with Crippen molar-refractivity contribution in [2.45, 2.75) is 6.54 Å². The predicted molar refractivity (Wildman–Crippen MR) is 95.6 cm³/mol. The molecule has 1 aliphatic heterocycles. The van der Waals surface area contributed by atoms with Gasteiger partial charge in [0.05, 0.1) is 10.6 Å². The molecule has 0 aliphatic carbocycles. The molecular weight excluding hydrogens is 377 g/mol. The van der Waals surface area contributed by atoms with Gasteiger partial charge in [-0.05, 0) is 35.9 Å². The molecule has 0 atom stereocenters. The van der Waals surface area contributed by atoms with Crippen molar-refractivity contribution in [3.63, 3.8) is 0 Å². The molecule has 0 aromatic heterocycles. The van der Waals surface area contributed by atoms with Gasteiger partial charge in [-0.3, -0.25) is 4.79 Å². The first-order valence-electron chi connectivity index (χ1n) is 8.18. The number of benzene rings is 2. The smallest absolute Gasteiger partial charge is 0.340 e. The molecule has 2 aromatic carbocycles. The van der Waals surface area contributed by atoms with Crippen LogP contribution in [0.15, 0.2) is 36.4 Å². The van der Waals surface area contributed by atoms with E-state index in [-0.39, 0.29) is 10.6 Å². The molecule has 3 rings (SSSR count). The molecule has 1 heterocycles. The van der Waals surface area contributed by atoms with E-state index in [1.807, 2.05) is 12.1 Å². The Morgan fingerprint density at radius 3 is 2.63 bits per heavy atom. The number of ether oxygens (including phenoxy) is 3. The average molecular weight is 394 g/mol. The van der Waals surface area contributed by atoms with Gasteiger partial charge in [0.25, 0.3) is 5.91 Å². The summed E-state index contributed by atoms with van der Waals surface area (Å²) in [6, 6.07) is 8.75. The van der Waals surface area contributed by atoms with Gasteiger partial charge >= 0.3 is 5.97 Å². The van der Waals surface area contributed by atoms with E-state index >= 15 is 0 Å². The molecule has 0 saturated carbocycles.